The van der Waals surface area contributed by atoms with E-state index in [4.69, 9.17) is 19.8 Å². The molecule has 0 aliphatic heterocycles. The van der Waals surface area contributed by atoms with Crippen LogP contribution in [0.25, 0.3) is 0 Å². The van der Waals surface area contributed by atoms with E-state index in [-0.39, 0.29) is 24.5 Å². The number of aliphatic carboxylic acids is 1. The molecule has 0 aliphatic carbocycles. The number of benzene rings is 2. The minimum Gasteiger partial charge on any atom is -0.497 e. The van der Waals surface area contributed by atoms with Gasteiger partial charge in [-0.05, 0) is 29.8 Å². The number of nitrogens with zero attached hydrogens (tertiary/aromatic N) is 1. The van der Waals surface area contributed by atoms with Gasteiger partial charge in [-0.3, -0.25) is 9.59 Å². The van der Waals surface area contributed by atoms with Gasteiger partial charge in [-0.2, -0.15) is 0 Å². The van der Waals surface area contributed by atoms with Gasteiger partial charge in [-0.25, -0.2) is 0 Å². The van der Waals surface area contributed by atoms with Crippen LogP contribution in [0, 0.1) is 0 Å². The first kappa shape index (κ1) is 19.8. The zero-order chi connectivity index (χ0) is 19.8. The molecule has 0 spiro atoms. The van der Waals surface area contributed by atoms with E-state index in [0.717, 1.165) is 0 Å². The summed E-state index contributed by atoms with van der Waals surface area (Å²) in [5, 5.41) is 23.7. The van der Waals surface area contributed by atoms with Gasteiger partial charge >= 0.3 is 5.97 Å². The average Bonchev–Trinajstić information content (AvgIpc) is 2.68. The fourth-order valence-electron chi connectivity index (χ4n) is 2.37. The second-order valence-corrected chi connectivity index (χ2v) is 5.57. The van der Waals surface area contributed by atoms with Crippen LogP contribution in [0.5, 0.6) is 11.5 Å². The Kier molecular flexibility index (Phi) is 6.76. The van der Waals surface area contributed by atoms with Crippen molar-refractivity contribution in [1.82, 2.24) is 0 Å². The molecule has 0 aliphatic rings. The van der Waals surface area contributed by atoms with Crippen molar-refractivity contribution in [3.8, 4) is 11.5 Å². The molecular weight excluding hydrogens is 352 g/mol. The van der Waals surface area contributed by atoms with Gasteiger partial charge in [0.2, 0.25) is 0 Å². The van der Waals surface area contributed by atoms with Crippen LogP contribution in [0.1, 0.15) is 28.8 Å². The molecule has 2 rings (SSSR count). The van der Waals surface area contributed by atoms with Crippen LogP contribution in [0.3, 0.4) is 0 Å². The number of anilines is 1. The second kappa shape index (κ2) is 9.23. The Morgan fingerprint density at radius 2 is 1.56 bits per heavy atom. The van der Waals surface area contributed by atoms with Gasteiger partial charge in [-0.1, -0.05) is 17.3 Å². The lowest BCUT2D eigenvalue weighted by atomic mass is 10.1. The van der Waals surface area contributed by atoms with E-state index in [9.17, 15) is 9.59 Å². The summed E-state index contributed by atoms with van der Waals surface area (Å²) in [5.41, 5.74) is 1.73. The van der Waals surface area contributed by atoms with E-state index in [2.05, 4.69) is 10.5 Å². The predicted octanol–water partition coefficient (Wildman–Crippen LogP) is 3.00. The normalized spacial score (nSPS) is 11.0. The molecular formula is C19H20N2O6. The quantitative estimate of drug-likeness (QED) is 0.372. The smallest absolute Gasteiger partial charge is 0.303 e. The second-order valence-electron chi connectivity index (χ2n) is 5.57. The number of carboxylic acids is 1. The fraction of sp³-hybridized carbons (Fsp3) is 0.211. The predicted molar refractivity (Wildman–Crippen MR) is 99.1 cm³/mol. The maximum absolute atomic E-state index is 12.5. The molecule has 1 amide bonds. The lowest BCUT2D eigenvalue weighted by Crippen LogP contribution is -2.12. The van der Waals surface area contributed by atoms with Gasteiger partial charge < -0.3 is 25.1 Å². The first-order valence-corrected chi connectivity index (χ1v) is 8.04. The van der Waals surface area contributed by atoms with Crippen LogP contribution in [0.4, 0.5) is 5.69 Å². The van der Waals surface area contributed by atoms with Crippen LogP contribution in [-0.4, -0.2) is 42.1 Å². The lowest BCUT2D eigenvalue weighted by molar-refractivity contribution is -0.136. The number of rotatable bonds is 8. The molecule has 27 heavy (non-hydrogen) atoms. The summed E-state index contributed by atoms with van der Waals surface area (Å²) in [5.74, 6) is -0.329. The Bertz CT molecular complexity index is 824. The zero-order valence-corrected chi connectivity index (χ0v) is 14.9. The van der Waals surface area contributed by atoms with Crippen molar-refractivity contribution in [2.75, 3.05) is 19.5 Å². The molecule has 0 unspecified atom stereocenters. The van der Waals surface area contributed by atoms with Crippen molar-refractivity contribution < 1.29 is 29.4 Å². The average molecular weight is 372 g/mol. The van der Waals surface area contributed by atoms with E-state index < -0.39 is 5.97 Å². The molecule has 8 nitrogen and oxygen atoms in total. The third-order valence-electron chi connectivity index (χ3n) is 3.79. The van der Waals surface area contributed by atoms with Crippen LogP contribution in [0.15, 0.2) is 47.6 Å². The van der Waals surface area contributed by atoms with Crippen LogP contribution in [0.2, 0.25) is 0 Å². The van der Waals surface area contributed by atoms with Crippen molar-refractivity contribution in [2.45, 2.75) is 12.8 Å². The Morgan fingerprint density at radius 3 is 2.04 bits per heavy atom. The summed E-state index contributed by atoms with van der Waals surface area (Å²) in [4.78, 5) is 23.1. The van der Waals surface area contributed by atoms with Gasteiger partial charge in [0.25, 0.3) is 5.91 Å². The number of carbonyl (C=O) groups is 2. The molecule has 2 aromatic carbocycles. The molecule has 0 bridgehead atoms. The van der Waals surface area contributed by atoms with Gasteiger partial charge in [-0.15, -0.1) is 0 Å². The number of amides is 1. The Hall–Kier alpha value is -3.55. The minimum absolute atomic E-state index is 0.0984. The maximum Gasteiger partial charge on any atom is 0.303 e. The molecule has 0 heterocycles. The lowest BCUT2D eigenvalue weighted by Gasteiger charge is -2.10. The number of hydrogen-bond donors (Lipinski definition) is 3. The number of oxime groups is 1. The number of carboxylic acid groups (broad SMARTS) is 1. The Balaban J connectivity index is 2.12. The molecule has 3 N–H and O–H groups in total. The fourth-order valence-corrected chi connectivity index (χ4v) is 2.37. The van der Waals surface area contributed by atoms with Crippen LogP contribution < -0.4 is 14.8 Å². The van der Waals surface area contributed by atoms with Crippen molar-refractivity contribution in [2.24, 2.45) is 5.16 Å². The Labute approximate surface area is 156 Å². The first-order chi connectivity index (χ1) is 13.0. The van der Waals surface area contributed by atoms with Crippen LogP contribution in [-0.2, 0) is 4.79 Å². The van der Waals surface area contributed by atoms with Crippen molar-refractivity contribution in [3.05, 3.63) is 53.6 Å². The monoisotopic (exact) mass is 372 g/mol. The first-order valence-electron chi connectivity index (χ1n) is 8.04. The van der Waals surface area contributed by atoms with Gasteiger partial charge in [0.1, 0.15) is 11.5 Å². The highest BCUT2D eigenvalue weighted by Crippen LogP contribution is 2.23. The molecule has 0 saturated carbocycles. The minimum atomic E-state index is -0.978. The number of hydrogen-bond acceptors (Lipinski definition) is 6. The largest absolute Gasteiger partial charge is 0.497 e. The molecule has 142 valence electrons. The standard InChI is InChI=1S/C19H20N2O6/c1-26-15-9-13(10-16(11-15)27-2)19(24)20-14-5-3-12(4-6-14)17(21-25)7-8-18(22)23/h3-6,9-11,25H,7-8H2,1-2H3,(H,20,24)(H,22,23)/b21-17+. The summed E-state index contributed by atoms with van der Waals surface area (Å²) >= 11 is 0. The summed E-state index contributed by atoms with van der Waals surface area (Å²) in [6.45, 7) is 0. The molecule has 8 heteroatoms. The molecule has 0 aromatic heterocycles. The molecule has 0 atom stereocenters. The van der Waals surface area contributed by atoms with E-state index in [1.54, 1.807) is 42.5 Å². The number of ether oxygens (including phenoxy) is 2. The highest BCUT2D eigenvalue weighted by atomic mass is 16.5. The molecule has 0 radical (unpaired) electrons. The van der Waals surface area contributed by atoms with Gasteiger partial charge in [0.15, 0.2) is 0 Å². The third-order valence-corrected chi connectivity index (χ3v) is 3.79. The van der Waals surface area contributed by atoms with Crippen molar-refractivity contribution >= 4 is 23.3 Å². The number of carbonyl (C=O) groups excluding carboxylic acids is 1. The van der Waals surface area contributed by atoms with Crippen molar-refractivity contribution in [1.29, 1.82) is 0 Å². The highest BCUT2D eigenvalue weighted by molar-refractivity contribution is 6.05. The van der Waals surface area contributed by atoms with Gasteiger partial charge in [0, 0.05) is 23.7 Å². The summed E-state index contributed by atoms with van der Waals surface area (Å²) < 4.78 is 10.3. The van der Waals surface area contributed by atoms with E-state index in [1.165, 1.54) is 14.2 Å². The molecule has 0 saturated heterocycles. The summed E-state index contributed by atoms with van der Waals surface area (Å²) in [6.07, 6.45) is -0.0449. The number of methoxy groups -OCH3 is 2. The van der Waals surface area contributed by atoms with Gasteiger partial charge in [0.05, 0.1) is 26.4 Å². The number of nitrogens with one attached hydrogen (secondary N) is 1. The Morgan fingerprint density at radius 1 is 0.963 bits per heavy atom. The maximum atomic E-state index is 12.5. The highest BCUT2D eigenvalue weighted by Gasteiger charge is 2.11. The van der Waals surface area contributed by atoms with E-state index >= 15 is 0 Å². The summed E-state index contributed by atoms with van der Waals surface area (Å²) in [7, 11) is 3.00. The third kappa shape index (κ3) is 5.46. The molecule has 0 fully saturated rings. The molecule has 2 aromatic rings. The van der Waals surface area contributed by atoms with E-state index in [1.807, 2.05) is 0 Å². The summed E-state index contributed by atoms with van der Waals surface area (Å²) in [6, 6.07) is 11.4. The SMILES string of the molecule is COc1cc(OC)cc(C(=O)Nc2ccc(/C(CCC(=O)O)=N/O)cc2)c1. The zero-order valence-electron chi connectivity index (χ0n) is 14.9. The van der Waals surface area contributed by atoms with Crippen LogP contribution >= 0.6 is 0 Å². The topological polar surface area (TPSA) is 117 Å². The van der Waals surface area contributed by atoms with E-state index in [0.29, 0.717) is 28.3 Å². The van der Waals surface area contributed by atoms with Crippen molar-refractivity contribution in [3.63, 3.8) is 0 Å².